The van der Waals surface area contributed by atoms with Crippen LogP contribution >= 0.6 is 0 Å². The summed E-state index contributed by atoms with van der Waals surface area (Å²) in [6, 6.07) is 18.7. The van der Waals surface area contributed by atoms with Crippen LogP contribution < -0.4 is 4.74 Å². The maximum Gasteiger partial charge on any atom is 0.201 e. The minimum absolute atomic E-state index is 0.0663. The van der Waals surface area contributed by atoms with Gasteiger partial charge in [-0.2, -0.15) is 4.39 Å². The summed E-state index contributed by atoms with van der Waals surface area (Å²) in [6.07, 6.45) is 5.64. The van der Waals surface area contributed by atoms with Crippen molar-refractivity contribution in [3.05, 3.63) is 83.9 Å². The summed E-state index contributed by atoms with van der Waals surface area (Å²) in [4.78, 5) is 0. The van der Waals surface area contributed by atoms with Gasteiger partial charge in [-0.15, -0.1) is 0 Å². The fourth-order valence-corrected chi connectivity index (χ4v) is 4.11. The van der Waals surface area contributed by atoms with Gasteiger partial charge in [-0.3, -0.25) is 0 Å². The molecule has 1 atom stereocenters. The lowest BCUT2D eigenvalue weighted by molar-refractivity contribution is 0.193. The van der Waals surface area contributed by atoms with Crippen molar-refractivity contribution >= 4 is 5.76 Å². The van der Waals surface area contributed by atoms with E-state index in [1.165, 1.54) is 18.9 Å². The smallest absolute Gasteiger partial charge is 0.201 e. The summed E-state index contributed by atoms with van der Waals surface area (Å²) >= 11 is 0. The molecule has 0 saturated carbocycles. The molecular weight excluding hydrogens is 406 g/mol. The van der Waals surface area contributed by atoms with Gasteiger partial charge in [0.25, 0.3) is 0 Å². The molecule has 0 amide bonds. The monoisotopic (exact) mass is 434 g/mol. The minimum Gasteiger partial charge on any atom is -0.493 e. The van der Waals surface area contributed by atoms with Gasteiger partial charge >= 0.3 is 0 Å². The lowest BCUT2D eigenvalue weighted by Gasteiger charge is -2.23. The molecule has 0 bridgehead atoms. The third kappa shape index (κ3) is 4.69. The van der Waals surface area contributed by atoms with E-state index in [1.807, 2.05) is 24.3 Å². The minimum atomic E-state index is -0.954. The maximum absolute atomic E-state index is 14.5. The second-order valence-corrected chi connectivity index (χ2v) is 8.10. The van der Waals surface area contributed by atoms with E-state index in [1.54, 1.807) is 13.0 Å². The highest BCUT2D eigenvalue weighted by Gasteiger charge is 2.17. The van der Waals surface area contributed by atoms with Crippen molar-refractivity contribution in [2.45, 2.75) is 33.1 Å². The summed E-state index contributed by atoms with van der Waals surface area (Å²) in [7, 11) is 0. The Morgan fingerprint density at radius 3 is 2.00 bits per heavy atom. The lowest BCUT2D eigenvalue weighted by Crippen LogP contribution is -2.13. The maximum atomic E-state index is 14.5. The van der Waals surface area contributed by atoms with Crippen molar-refractivity contribution in [2.24, 2.45) is 5.92 Å². The van der Waals surface area contributed by atoms with E-state index in [2.05, 4.69) is 37.3 Å². The Labute approximate surface area is 188 Å². The predicted octanol–water partition coefficient (Wildman–Crippen LogP) is 7.88. The Hall–Kier alpha value is -3.14. The molecule has 4 heteroatoms. The van der Waals surface area contributed by atoms with Gasteiger partial charge < -0.3 is 9.47 Å². The first-order valence-electron chi connectivity index (χ1n) is 11.3. The quantitative estimate of drug-likeness (QED) is 0.377. The number of hydrogen-bond acceptors (Lipinski definition) is 2. The van der Waals surface area contributed by atoms with Gasteiger partial charge in [0.05, 0.1) is 13.2 Å². The fraction of sp³-hybridized carbons (Fsp3) is 0.286. The van der Waals surface area contributed by atoms with Crippen LogP contribution in [0.25, 0.3) is 28.0 Å². The van der Waals surface area contributed by atoms with Crippen molar-refractivity contribution in [3.63, 3.8) is 0 Å². The molecular formula is C28H28F2O2. The molecule has 1 aliphatic rings. The Balaban J connectivity index is 1.50. The van der Waals surface area contributed by atoms with Crippen molar-refractivity contribution in [2.75, 3.05) is 13.2 Å². The number of hydrogen-bond donors (Lipinski definition) is 0. The molecule has 0 aromatic heterocycles. The Morgan fingerprint density at radius 1 is 0.812 bits per heavy atom. The van der Waals surface area contributed by atoms with Gasteiger partial charge in [-0.25, -0.2) is 4.39 Å². The molecule has 32 heavy (non-hydrogen) atoms. The average Bonchev–Trinajstić information content (AvgIpc) is 2.83. The van der Waals surface area contributed by atoms with Crippen molar-refractivity contribution < 1.29 is 18.3 Å². The van der Waals surface area contributed by atoms with Crippen LogP contribution in [0.3, 0.4) is 0 Å². The summed E-state index contributed by atoms with van der Waals surface area (Å²) in [5, 5.41) is 0. The van der Waals surface area contributed by atoms with E-state index in [-0.39, 0.29) is 17.9 Å². The molecule has 1 aliphatic heterocycles. The molecule has 0 spiro atoms. The molecule has 166 valence electrons. The summed E-state index contributed by atoms with van der Waals surface area (Å²) in [5.41, 5.74) is 3.97. The lowest BCUT2D eigenvalue weighted by atomic mass is 9.96. The molecule has 1 unspecified atom stereocenters. The Bertz CT molecular complexity index is 1090. The van der Waals surface area contributed by atoms with Gasteiger partial charge in [0, 0.05) is 11.1 Å². The van der Waals surface area contributed by atoms with Crippen LogP contribution in [-0.4, -0.2) is 13.2 Å². The van der Waals surface area contributed by atoms with Crippen LogP contribution in [0.5, 0.6) is 5.75 Å². The number of ether oxygens (including phenoxy) is 2. The van der Waals surface area contributed by atoms with Gasteiger partial charge in [-0.05, 0) is 60.6 Å². The van der Waals surface area contributed by atoms with Crippen LogP contribution in [0.2, 0.25) is 0 Å². The normalized spacial score (nSPS) is 15.8. The molecule has 3 aromatic carbocycles. The average molecular weight is 435 g/mol. The van der Waals surface area contributed by atoms with Crippen LogP contribution in [0.1, 0.15) is 38.7 Å². The number of benzene rings is 3. The van der Waals surface area contributed by atoms with Crippen LogP contribution in [0.4, 0.5) is 8.78 Å². The van der Waals surface area contributed by atoms with E-state index < -0.39 is 11.6 Å². The highest BCUT2D eigenvalue weighted by Crippen LogP contribution is 2.32. The van der Waals surface area contributed by atoms with Gasteiger partial charge in [0.2, 0.25) is 5.82 Å². The molecule has 0 aliphatic carbocycles. The molecule has 4 rings (SSSR count). The van der Waals surface area contributed by atoms with E-state index in [4.69, 9.17) is 9.47 Å². The fourth-order valence-electron chi connectivity index (χ4n) is 4.11. The highest BCUT2D eigenvalue weighted by molar-refractivity contribution is 5.72. The van der Waals surface area contributed by atoms with Crippen molar-refractivity contribution in [1.29, 1.82) is 0 Å². The first-order chi connectivity index (χ1) is 15.6. The van der Waals surface area contributed by atoms with Crippen LogP contribution in [0, 0.1) is 17.6 Å². The summed E-state index contributed by atoms with van der Waals surface area (Å²) < 4.78 is 39.8. The molecule has 0 saturated heterocycles. The summed E-state index contributed by atoms with van der Waals surface area (Å²) in [5.74, 6) is -0.342. The van der Waals surface area contributed by atoms with E-state index in [9.17, 15) is 8.78 Å². The second kappa shape index (κ2) is 9.99. The standard InChI is InChI=1S/C28H28F2O2/c1-3-5-19-6-16-25(32-18-19)23-13-9-21(10-14-23)20-7-11-22(12-8-20)24-15-17-26(31-4-2)28(30)27(24)29/h7-17,19H,3-6,18H2,1-2H3. The third-order valence-corrected chi connectivity index (χ3v) is 5.85. The number of allylic oxidation sites excluding steroid dienone is 1. The van der Waals surface area contributed by atoms with Crippen molar-refractivity contribution in [3.8, 4) is 28.0 Å². The first-order valence-corrected chi connectivity index (χ1v) is 11.3. The molecule has 1 heterocycles. The number of halogens is 2. The second-order valence-electron chi connectivity index (χ2n) is 8.10. The zero-order valence-corrected chi connectivity index (χ0v) is 18.5. The van der Waals surface area contributed by atoms with E-state index in [0.29, 0.717) is 11.5 Å². The van der Waals surface area contributed by atoms with Gasteiger partial charge in [0.1, 0.15) is 5.76 Å². The largest absolute Gasteiger partial charge is 0.493 e. The molecule has 3 aromatic rings. The Kier molecular flexibility index (Phi) is 6.89. The summed E-state index contributed by atoms with van der Waals surface area (Å²) in [6.45, 7) is 5.01. The number of rotatable bonds is 7. The first kappa shape index (κ1) is 22.1. The Morgan fingerprint density at radius 2 is 1.44 bits per heavy atom. The SMILES string of the molecule is CCCC1CC=C(c2ccc(-c3ccc(-c4ccc(OCC)c(F)c4F)cc3)cc2)OC1. The zero-order chi connectivity index (χ0) is 22.5. The topological polar surface area (TPSA) is 18.5 Å². The molecule has 0 N–H and O–H groups in total. The molecule has 2 nitrogen and oxygen atoms in total. The molecule has 0 fully saturated rings. The third-order valence-electron chi connectivity index (χ3n) is 5.85. The predicted molar refractivity (Wildman–Crippen MR) is 125 cm³/mol. The van der Waals surface area contributed by atoms with E-state index in [0.717, 1.165) is 35.5 Å². The van der Waals surface area contributed by atoms with Crippen molar-refractivity contribution in [1.82, 2.24) is 0 Å². The molecule has 0 radical (unpaired) electrons. The van der Waals surface area contributed by atoms with Crippen LogP contribution in [-0.2, 0) is 4.74 Å². The highest BCUT2D eigenvalue weighted by atomic mass is 19.2. The van der Waals surface area contributed by atoms with E-state index >= 15 is 0 Å². The van der Waals surface area contributed by atoms with Gasteiger partial charge in [0.15, 0.2) is 11.6 Å². The van der Waals surface area contributed by atoms with Gasteiger partial charge in [-0.1, -0.05) is 61.9 Å². The van der Waals surface area contributed by atoms with Crippen LogP contribution in [0.15, 0.2) is 66.7 Å². The zero-order valence-electron chi connectivity index (χ0n) is 18.5.